The quantitative estimate of drug-likeness (QED) is 0.729. The lowest BCUT2D eigenvalue weighted by Crippen LogP contribution is -2.39. The fraction of sp³-hybridized carbons (Fsp3) is 0.522. The number of nitrogens with zero attached hydrogens (tertiary/aromatic N) is 2. The van der Waals surface area contributed by atoms with Gasteiger partial charge < -0.3 is 10.2 Å². The van der Waals surface area contributed by atoms with Gasteiger partial charge in [-0.2, -0.15) is 0 Å². The summed E-state index contributed by atoms with van der Waals surface area (Å²) < 4.78 is 0. The molecule has 0 bridgehead atoms. The Bertz CT molecular complexity index is 811. The minimum absolute atomic E-state index is 0.00673. The second kappa shape index (κ2) is 10.0. The van der Waals surface area contributed by atoms with E-state index in [0.29, 0.717) is 18.0 Å². The third-order valence-electron chi connectivity index (χ3n) is 5.58. The first-order valence-electron chi connectivity index (χ1n) is 10.6. The maximum atomic E-state index is 12.9. The van der Waals surface area contributed by atoms with E-state index in [-0.39, 0.29) is 23.8 Å². The maximum Gasteiger partial charge on any atom is 0.273 e. The van der Waals surface area contributed by atoms with Crippen molar-refractivity contribution in [1.29, 1.82) is 0 Å². The summed E-state index contributed by atoms with van der Waals surface area (Å²) in [4.78, 5) is 31.3. The van der Waals surface area contributed by atoms with Gasteiger partial charge in [0.05, 0.1) is 6.04 Å². The molecule has 1 aromatic carbocycles. The summed E-state index contributed by atoms with van der Waals surface area (Å²) in [7, 11) is 0. The van der Waals surface area contributed by atoms with Crippen LogP contribution in [0.5, 0.6) is 0 Å². The van der Waals surface area contributed by atoms with E-state index in [1.807, 2.05) is 23.3 Å². The third kappa shape index (κ3) is 5.66. The summed E-state index contributed by atoms with van der Waals surface area (Å²) >= 11 is 1.46. The summed E-state index contributed by atoms with van der Waals surface area (Å²) in [6, 6.07) is 10.4. The van der Waals surface area contributed by atoms with Crippen molar-refractivity contribution in [2.45, 2.75) is 52.5 Å². The summed E-state index contributed by atoms with van der Waals surface area (Å²) in [6.07, 6.45) is 3.58. The monoisotopic (exact) mass is 413 g/mol. The number of piperidine rings is 1. The molecule has 5 nitrogen and oxygen atoms in total. The number of carbonyl (C=O) groups is 2. The first-order valence-corrected chi connectivity index (χ1v) is 11.4. The van der Waals surface area contributed by atoms with Crippen molar-refractivity contribution in [3.05, 3.63) is 52.0 Å². The highest BCUT2D eigenvalue weighted by Gasteiger charge is 2.27. The standard InChI is InChI=1S/C23H31N3O2S/c1-4-20(27)25-21(16(2)3)22-24-19(15-29-22)23(28)26-12-10-18(11-13-26)14-17-8-6-5-7-9-17/h5-9,15-16,18,21H,4,10-14H2,1-3H3,(H,25,27)/t21-/m1/s1. The number of hydrogen-bond acceptors (Lipinski definition) is 4. The first-order chi connectivity index (χ1) is 14.0. The molecule has 0 saturated carbocycles. The Hall–Kier alpha value is -2.21. The average Bonchev–Trinajstić information content (AvgIpc) is 3.22. The van der Waals surface area contributed by atoms with Gasteiger partial charge in [0.15, 0.2) is 0 Å². The molecule has 1 aliphatic heterocycles. The van der Waals surface area contributed by atoms with E-state index < -0.39 is 0 Å². The van der Waals surface area contributed by atoms with Crippen molar-refractivity contribution in [2.75, 3.05) is 13.1 Å². The molecule has 156 valence electrons. The smallest absolute Gasteiger partial charge is 0.273 e. The van der Waals surface area contributed by atoms with Crippen LogP contribution >= 0.6 is 11.3 Å². The highest BCUT2D eigenvalue weighted by Crippen LogP contribution is 2.27. The van der Waals surface area contributed by atoms with Gasteiger partial charge in [-0.3, -0.25) is 9.59 Å². The summed E-state index contributed by atoms with van der Waals surface area (Å²) in [5, 5.41) is 5.67. The molecule has 2 heterocycles. The Morgan fingerprint density at radius 3 is 2.52 bits per heavy atom. The van der Waals surface area contributed by atoms with Crippen molar-refractivity contribution >= 4 is 23.2 Å². The largest absolute Gasteiger partial charge is 0.347 e. The maximum absolute atomic E-state index is 12.9. The number of benzene rings is 1. The number of rotatable bonds is 7. The van der Waals surface area contributed by atoms with E-state index in [1.54, 1.807) is 0 Å². The Labute approximate surface area is 177 Å². The van der Waals surface area contributed by atoms with Crippen LogP contribution in [0.3, 0.4) is 0 Å². The van der Waals surface area contributed by atoms with E-state index in [2.05, 4.69) is 48.4 Å². The fourth-order valence-electron chi connectivity index (χ4n) is 3.77. The molecule has 1 aliphatic rings. The van der Waals surface area contributed by atoms with E-state index in [1.165, 1.54) is 16.9 Å². The molecule has 29 heavy (non-hydrogen) atoms. The van der Waals surface area contributed by atoms with Gasteiger partial charge in [0.2, 0.25) is 5.91 Å². The van der Waals surface area contributed by atoms with Crippen LogP contribution in [-0.2, 0) is 11.2 Å². The highest BCUT2D eigenvalue weighted by atomic mass is 32.1. The first kappa shape index (κ1) is 21.5. The Kier molecular flexibility index (Phi) is 7.42. The molecule has 1 saturated heterocycles. The van der Waals surface area contributed by atoms with Gasteiger partial charge in [0.1, 0.15) is 10.7 Å². The van der Waals surface area contributed by atoms with E-state index in [0.717, 1.165) is 37.4 Å². The molecule has 1 atom stereocenters. The molecule has 3 rings (SSSR count). The predicted molar refractivity (Wildman–Crippen MR) is 117 cm³/mol. The summed E-state index contributed by atoms with van der Waals surface area (Å²) in [5.41, 5.74) is 1.87. The molecule has 0 spiro atoms. The number of likely N-dealkylation sites (tertiary alicyclic amines) is 1. The Morgan fingerprint density at radius 1 is 1.21 bits per heavy atom. The third-order valence-corrected chi connectivity index (χ3v) is 6.51. The number of nitrogens with one attached hydrogen (secondary N) is 1. The molecule has 0 radical (unpaired) electrons. The van der Waals surface area contributed by atoms with Crippen molar-refractivity contribution in [1.82, 2.24) is 15.2 Å². The van der Waals surface area contributed by atoms with Gasteiger partial charge in [-0.25, -0.2) is 4.98 Å². The molecule has 0 unspecified atom stereocenters. The van der Waals surface area contributed by atoms with Crippen LogP contribution in [0.4, 0.5) is 0 Å². The van der Waals surface area contributed by atoms with Crippen molar-refractivity contribution < 1.29 is 9.59 Å². The molecule has 6 heteroatoms. The minimum atomic E-state index is -0.148. The van der Waals surface area contributed by atoms with Crippen LogP contribution in [0.15, 0.2) is 35.7 Å². The van der Waals surface area contributed by atoms with Crippen LogP contribution in [0.1, 0.15) is 67.1 Å². The van der Waals surface area contributed by atoms with Gasteiger partial charge in [-0.15, -0.1) is 11.3 Å². The van der Waals surface area contributed by atoms with Crippen molar-refractivity contribution in [3.8, 4) is 0 Å². The zero-order valence-electron chi connectivity index (χ0n) is 17.6. The summed E-state index contributed by atoms with van der Waals surface area (Å²) in [6.45, 7) is 7.51. The molecule has 1 fully saturated rings. The number of carbonyl (C=O) groups excluding carboxylic acids is 2. The minimum Gasteiger partial charge on any atom is -0.347 e. The summed E-state index contributed by atoms with van der Waals surface area (Å²) in [5.74, 6) is 0.859. The van der Waals surface area contributed by atoms with Crippen LogP contribution in [-0.4, -0.2) is 34.8 Å². The van der Waals surface area contributed by atoms with Crippen LogP contribution in [0.2, 0.25) is 0 Å². The zero-order chi connectivity index (χ0) is 20.8. The lowest BCUT2D eigenvalue weighted by Gasteiger charge is -2.31. The van der Waals surface area contributed by atoms with Gasteiger partial charge in [-0.1, -0.05) is 51.1 Å². The lowest BCUT2D eigenvalue weighted by atomic mass is 9.90. The molecular formula is C23H31N3O2S. The molecule has 1 N–H and O–H groups in total. The normalized spacial score (nSPS) is 16.1. The fourth-order valence-corrected chi connectivity index (χ4v) is 4.78. The molecule has 1 aromatic heterocycles. The zero-order valence-corrected chi connectivity index (χ0v) is 18.4. The number of hydrogen-bond donors (Lipinski definition) is 1. The number of amides is 2. The van der Waals surface area contributed by atoms with Gasteiger partial charge in [0.25, 0.3) is 5.91 Å². The SMILES string of the molecule is CCC(=O)N[C@@H](c1nc(C(=O)N2CCC(Cc3ccccc3)CC2)cs1)C(C)C. The van der Waals surface area contributed by atoms with E-state index >= 15 is 0 Å². The lowest BCUT2D eigenvalue weighted by molar-refractivity contribution is -0.121. The Morgan fingerprint density at radius 2 is 1.90 bits per heavy atom. The predicted octanol–water partition coefficient (Wildman–Crippen LogP) is 4.46. The van der Waals surface area contributed by atoms with Crippen LogP contribution in [0.25, 0.3) is 0 Å². The van der Waals surface area contributed by atoms with Gasteiger partial charge in [0, 0.05) is 24.9 Å². The van der Waals surface area contributed by atoms with Gasteiger partial charge in [-0.05, 0) is 36.7 Å². The average molecular weight is 414 g/mol. The molecular weight excluding hydrogens is 382 g/mol. The van der Waals surface area contributed by atoms with E-state index in [9.17, 15) is 9.59 Å². The van der Waals surface area contributed by atoms with Crippen molar-refractivity contribution in [2.24, 2.45) is 11.8 Å². The van der Waals surface area contributed by atoms with Crippen molar-refractivity contribution in [3.63, 3.8) is 0 Å². The van der Waals surface area contributed by atoms with Gasteiger partial charge >= 0.3 is 0 Å². The second-order valence-electron chi connectivity index (χ2n) is 8.14. The second-order valence-corrected chi connectivity index (χ2v) is 9.03. The highest BCUT2D eigenvalue weighted by molar-refractivity contribution is 7.09. The van der Waals surface area contributed by atoms with Crippen LogP contribution in [0, 0.1) is 11.8 Å². The molecule has 2 aromatic rings. The number of thiazole rings is 1. The topological polar surface area (TPSA) is 62.3 Å². The number of aromatic nitrogens is 1. The van der Waals surface area contributed by atoms with E-state index in [4.69, 9.17) is 0 Å². The Balaban J connectivity index is 1.58. The molecule has 0 aliphatic carbocycles. The van der Waals surface area contributed by atoms with Crippen LogP contribution < -0.4 is 5.32 Å². The molecule has 2 amide bonds.